The lowest BCUT2D eigenvalue weighted by atomic mass is 9.51. The Balaban J connectivity index is 1.65. The summed E-state index contributed by atoms with van der Waals surface area (Å²) in [5.41, 5.74) is 5.44. The van der Waals surface area contributed by atoms with Crippen LogP contribution >= 0.6 is 15.9 Å². The highest BCUT2D eigenvalue weighted by Crippen LogP contribution is 2.67. The molecule has 1 N–H and O–H groups in total. The molecule has 0 radical (unpaired) electrons. The lowest BCUT2D eigenvalue weighted by Crippen LogP contribution is -2.51. The van der Waals surface area contributed by atoms with Gasteiger partial charge in [-0.15, -0.1) is 0 Å². The Hall–Kier alpha value is -1.52. The second-order valence-electron chi connectivity index (χ2n) is 10.7. The number of carbonyl (C=O) groups excluding carboxylic acids is 2. The van der Waals surface area contributed by atoms with Gasteiger partial charge >= 0.3 is 0 Å². The number of rotatable bonds is 4. The first-order chi connectivity index (χ1) is 15.3. The Morgan fingerprint density at radius 3 is 2.59 bits per heavy atom. The van der Waals surface area contributed by atoms with Gasteiger partial charge in [-0.1, -0.05) is 52.7 Å². The van der Waals surface area contributed by atoms with Crippen molar-refractivity contribution in [1.82, 2.24) is 0 Å². The first kappa shape index (κ1) is 22.3. The van der Waals surface area contributed by atoms with Crippen molar-refractivity contribution in [1.29, 1.82) is 0 Å². The van der Waals surface area contributed by atoms with Gasteiger partial charge in [0.05, 0.1) is 5.60 Å². The van der Waals surface area contributed by atoms with Crippen molar-refractivity contribution in [3.05, 3.63) is 58.2 Å². The summed E-state index contributed by atoms with van der Waals surface area (Å²) in [6, 6.07) is 8.16. The van der Waals surface area contributed by atoms with Gasteiger partial charge in [0.15, 0.2) is 11.6 Å². The summed E-state index contributed by atoms with van der Waals surface area (Å²) >= 11 is 3.60. The fraction of sp³-hybridized carbons (Fsp3) is 0.571. The van der Waals surface area contributed by atoms with E-state index in [1.165, 1.54) is 22.3 Å². The molecule has 2 fully saturated rings. The molecule has 32 heavy (non-hydrogen) atoms. The molecule has 5 rings (SSSR count). The van der Waals surface area contributed by atoms with Crippen LogP contribution in [-0.4, -0.2) is 27.6 Å². The molecule has 0 unspecified atom stereocenters. The molecule has 0 saturated heterocycles. The van der Waals surface area contributed by atoms with Crippen LogP contribution in [-0.2, 0) is 4.79 Å². The highest BCUT2D eigenvalue weighted by Gasteiger charge is 2.62. The third-order valence-electron chi connectivity index (χ3n) is 9.28. The van der Waals surface area contributed by atoms with Crippen molar-refractivity contribution in [2.45, 2.75) is 76.7 Å². The third-order valence-corrected chi connectivity index (χ3v) is 9.68. The molecular weight excluding hydrogens is 464 g/mol. The molecule has 0 bridgehead atoms. The monoisotopic (exact) mass is 496 g/mol. The predicted molar refractivity (Wildman–Crippen MR) is 130 cm³/mol. The Bertz CT molecular complexity index is 1020. The molecule has 0 heterocycles. The van der Waals surface area contributed by atoms with E-state index in [0.717, 1.165) is 55.8 Å². The topological polar surface area (TPSA) is 54.4 Å². The van der Waals surface area contributed by atoms with Crippen LogP contribution in [0.15, 0.2) is 47.1 Å². The van der Waals surface area contributed by atoms with E-state index in [4.69, 9.17) is 0 Å². The van der Waals surface area contributed by atoms with Gasteiger partial charge in [-0.3, -0.25) is 9.59 Å². The molecule has 0 aliphatic heterocycles. The Kier molecular flexibility index (Phi) is 5.61. The zero-order valence-electron chi connectivity index (χ0n) is 19.1. The van der Waals surface area contributed by atoms with Crippen LogP contribution in [0.1, 0.15) is 87.1 Å². The summed E-state index contributed by atoms with van der Waals surface area (Å²) in [7, 11) is 0. The number of carbonyl (C=O) groups is 2. The minimum absolute atomic E-state index is 0.0864. The third kappa shape index (κ3) is 3.32. The largest absolute Gasteiger partial charge is 0.389 e. The predicted octanol–water partition coefficient (Wildman–Crippen LogP) is 6.30. The van der Waals surface area contributed by atoms with Gasteiger partial charge < -0.3 is 5.11 Å². The average Bonchev–Trinajstić information content (AvgIpc) is 3.03. The maximum atomic E-state index is 12.2. The first-order valence-electron chi connectivity index (χ1n) is 12.1. The van der Waals surface area contributed by atoms with Gasteiger partial charge in [0.25, 0.3) is 0 Å². The summed E-state index contributed by atoms with van der Waals surface area (Å²) in [5, 5.41) is 12.7. The summed E-state index contributed by atoms with van der Waals surface area (Å²) in [5.74, 6) is 1.53. The van der Waals surface area contributed by atoms with Crippen LogP contribution in [0.2, 0.25) is 0 Å². The van der Waals surface area contributed by atoms with Gasteiger partial charge in [-0.25, -0.2) is 0 Å². The molecule has 4 aliphatic rings. The first-order valence-corrected chi connectivity index (χ1v) is 13.3. The molecule has 1 aromatic carbocycles. The molecule has 1 aromatic rings. The summed E-state index contributed by atoms with van der Waals surface area (Å²) in [6.45, 7) is 3.94. The van der Waals surface area contributed by atoms with Crippen molar-refractivity contribution in [3.8, 4) is 0 Å². The van der Waals surface area contributed by atoms with E-state index in [0.29, 0.717) is 18.3 Å². The smallest absolute Gasteiger partial charge is 0.159 e. The van der Waals surface area contributed by atoms with Gasteiger partial charge in [-0.2, -0.15) is 0 Å². The number of Topliss-reactive ketones (excluding diaryl/α,β-unsaturated/α-hetero) is 1. The van der Waals surface area contributed by atoms with E-state index in [1.54, 1.807) is 6.92 Å². The molecule has 2 saturated carbocycles. The van der Waals surface area contributed by atoms with Crippen LogP contribution in [0.25, 0.3) is 0 Å². The number of allylic oxidation sites excluding steroid dienone is 4. The van der Waals surface area contributed by atoms with Gasteiger partial charge in [0.1, 0.15) is 0 Å². The average molecular weight is 497 g/mol. The zero-order chi connectivity index (χ0) is 22.7. The van der Waals surface area contributed by atoms with Crippen molar-refractivity contribution in [3.63, 3.8) is 0 Å². The minimum Gasteiger partial charge on any atom is -0.389 e. The Labute approximate surface area is 199 Å². The fourth-order valence-electron chi connectivity index (χ4n) is 7.57. The molecule has 0 aromatic heterocycles. The summed E-state index contributed by atoms with van der Waals surface area (Å²) in [4.78, 5) is 24.0. The molecule has 3 nitrogen and oxygen atoms in total. The van der Waals surface area contributed by atoms with Crippen molar-refractivity contribution in [2.24, 2.45) is 17.3 Å². The maximum Gasteiger partial charge on any atom is 0.159 e. The maximum absolute atomic E-state index is 12.2. The number of hydrogen-bond donors (Lipinski definition) is 1. The number of fused-ring (bicyclic) bond motifs is 4. The van der Waals surface area contributed by atoms with Gasteiger partial charge in [-0.05, 0) is 86.5 Å². The quantitative estimate of drug-likeness (QED) is 0.392. The molecule has 170 valence electrons. The van der Waals surface area contributed by atoms with E-state index in [1.807, 2.05) is 18.2 Å². The van der Waals surface area contributed by atoms with Crippen LogP contribution in [0.5, 0.6) is 0 Å². The number of ketones is 2. The highest BCUT2D eigenvalue weighted by molar-refractivity contribution is 9.09. The fourth-order valence-corrected chi connectivity index (χ4v) is 8.23. The summed E-state index contributed by atoms with van der Waals surface area (Å²) in [6.07, 6.45) is 9.09. The molecule has 4 heteroatoms. The van der Waals surface area contributed by atoms with Gasteiger partial charge in [0, 0.05) is 28.6 Å². The number of aliphatic hydroxyl groups is 1. The molecule has 4 aliphatic carbocycles. The second kappa shape index (κ2) is 8.06. The molecular formula is C28H33BrO3. The van der Waals surface area contributed by atoms with Crippen LogP contribution in [0, 0.1) is 17.3 Å². The van der Waals surface area contributed by atoms with Crippen LogP contribution in [0.3, 0.4) is 0 Å². The van der Waals surface area contributed by atoms with Crippen molar-refractivity contribution < 1.29 is 14.7 Å². The highest BCUT2D eigenvalue weighted by atomic mass is 79.9. The van der Waals surface area contributed by atoms with Crippen LogP contribution < -0.4 is 0 Å². The minimum atomic E-state index is -0.645. The van der Waals surface area contributed by atoms with Crippen molar-refractivity contribution in [2.75, 3.05) is 5.33 Å². The Morgan fingerprint density at radius 1 is 1.16 bits per heavy atom. The second-order valence-corrected chi connectivity index (χ2v) is 11.5. The van der Waals surface area contributed by atoms with Crippen LogP contribution in [0.4, 0.5) is 0 Å². The standard InChI is InChI=1S/C28H33BrO3/c1-17(30)18-3-5-19(6-4-18)24-16-27(2)25(11-12-28(27,32)13-14-29)23-9-7-20-15-21(31)8-10-22(20)26(23)24/h3-6,15,23-25,32H,7-14,16H2,1-2H3/t23-,24+,25-,27-,28-/m0/s1. The zero-order valence-corrected chi connectivity index (χ0v) is 20.7. The van der Waals surface area contributed by atoms with E-state index < -0.39 is 5.60 Å². The van der Waals surface area contributed by atoms with Crippen molar-refractivity contribution >= 4 is 27.5 Å². The van der Waals surface area contributed by atoms with Gasteiger partial charge in [0.2, 0.25) is 0 Å². The number of benzene rings is 1. The Morgan fingerprint density at radius 2 is 1.91 bits per heavy atom. The number of halogens is 1. The summed E-state index contributed by atoms with van der Waals surface area (Å²) < 4.78 is 0. The normalized spacial score (nSPS) is 36.3. The SMILES string of the molecule is CC(=O)c1ccc([C@H]2C[C@@]3(C)[C@@H](CC[C@]3(O)CCBr)[C@@H]3CCC4=CC(=O)CCC4=C32)cc1. The lowest BCUT2D eigenvalue weighted by molar-refractivity contribution is -0.114. The molecule has 0 amide bonds. The number of hydrogen-bond acceptors (Lipinski definition) is 3. The number of alkyl halides is 1. The molecule has 0 spiro atoms. The van der Waals surface area contributed by atoms with E-state index in [9.17, 15) is 14.7 Å². The molecule has 5 atom stereocenters. The van der Waals surface area contributed by atoms with E-state index >= 15 is 0 Å². The lowest BCUT2D eigenvalue weighted by Gasteiger charge is -2.55. The van der Waals surface area contributed by atoms with E-state index in [2.05, 4.69) is 35.0 Å². The van der Waals surface area contributed by atoms with E-state index in [-0.39, 0.29) is 22.9 Å².